The molecule has 1 aromatic carbocycles. The quantitative estimate of drug-likeness (QED) is 0.239. The van der Waals surface area contributed by atoms with Gasteiger partial charge in [0.15, 0.2) is 11.6 Å². The first-order valence-electron chi connectivity index (χ1n) is 15.3. The lowest BCUT2D eigenvalue weighted by Crippen LogP contribution is -2.46. The number of carbonyl (C=O) groups excluding carboxylic acids is 4. The molecule has 11 nitrogen and oxygen atoms in total. The van der Waals surface area contributed by atoms with Gasteiger partial charge in [-0.2, -0.15) is 0 Å². The lowest BCUT2D eigenvalue weighted by atomic mass is 9.76. The van der Waals surface area contributed by atoms with Crippen molar-refractivity contribution in [2.24, 2.45) is 29.6 Å². The minimum atomic E-state index is -1.39. The minimum absolute atomic E-state index is 0.0586. The number of rotatable bonds is 1. The number of allylic oxidation sites excluding steroid dienone is 5. The fourth-order valence-corrected chi connectivity index (χ4v) is 6.04. The van der Waals surface area contributed by atoms with E-state index in [0.29, 0.717) is 0 Å². The second-order valence-electron chi connectivity index (χ2n) is 12.7. The van der Waals surface area contributed by atoms with E-state index in [4.69, 9.17) is 0 Å². The second kappa shape index (κ2) is 14.8. The Morgan fingerprint density at radius 1 is 0.761 bits per heavy atom. The van der Waals surface area contributed by atoms with E-state index in [0.717, 1.165) is 6.08 Å². The first-order chi connectivity index (χ1) is 21.4. The van der Waals surface area contributed by atoms with Crippen molar-refractivity contribution in [3.8, 4) is 5.75 Å². The van der Waals surface area contributed by atoms with Crippen LogP contribution in [0.1, 0.15) is 78.2 Å². The molecule has 0 spiro atoms. The Balaban J connectivity index is 2.19. The molecule has 250 valence electrons. The lowest BCUT2D eigenvalue weighted by molar-refractivity contribution is -0.116. The number of hydrogen-bond donors (Lipinski definition) is 7. The molecule has 7 N–H and O–H groups in total. The van der Waals surface area contributed by atoms with E-state index in [-0.39, 0.29) is 33.5 Å². The highest BCUT2D eigenvalue weighted by molar-refractivity contribution is 6.30. The predicted molar refractivity (Wildman–Crippen MR) is 170 cm³/mol. The van der Waals surface area contributed by atoms with E-state index in [1.54, 1.807) is 32.9 Å². The monoisotopic (exact) mass is 639 g/mol. The molecule has 2 aliphatic heterocycles. The summed E-state index contributed by atoms with van der Waals surface area (Å²) in [6.45, 7) is 10.1. The Kier molecular flexibility index (Phi) is 11.8. The Morgan fingerprint density at radius 2 is 1.33 bits per heavy atom. The smallest absolute Gasteiger partial charge is 0.251 e. The van der Waals surface area contributed by atoms with Gasteiger partial charge in [-0.05, 0) is 38.0 Å². The first-order valence-corrected chi connectivity index (χ1v) is 15.3. The van der Waals surface area contributed by atoms with Gasteiger partial charge >= 0.3 is 0 Å². The molecule has 9 atom stereocenters. The number of aromatic hydroxyl groups is 1. The molecule has 0 fully saturated rings. The minimum Gasteiger partial charge on any atom is -0.507 e. The van der Waals surface area contributed by atoms with Crippen LogP contribution in [0.5, 0.6) is 5.75 Å². The van der Waals surface area contributed by atoms with Gasteiger partial charge < -0.3 is 36.0 Å². The fourth-order valence-electron chi connectivity index (χ4n) is 6.04. The van der Waals surface area contributed by atoms with Crippen molar-refractivity contribution >= 4 is 23.3 Å². The SMILES string of the molecule is C/C1=C/C=C\[C@H](C)[C@H](O)[C@@H](C)[C@@H](O)[C@H](C)[C@H](O)[C@@H](C)[C@@H](O)C(CO)/C=C(/C)C(=O)c2c(O)c(C)cc3c2C(=O)C=C(NC1=O)C3=O. The van der Waals surface area contributed by atoms with Crippen molar-refractivity contribution in [2.75, 3.05) is 6.61 Å². The summed E-state index contributed by atoms with van der Waals surface area (Å²) in [6.07, 6.45) is 1.87. The molecule has 1 unspecified atom stereocenters. The molecule has 1 amide bonds. The van der Waals surface area contributed by atoms with Crippen molar-refractivity contribution in [3.63, 3.8) is 0 Å². The summed E-state index contributed by atoms with van der Waals surface area (Å²) in [5, 5.41) is 67.8. The van der Waals surface area contributed by atoms with E-state index in [1.807, 2.05) is 0 Å². The van der Waals surface area contributed by atoms with Crippen molar-refractivity contribution in [2.45, 2.75) is 72.9 Å². The zero-order valence-electron chi connectivity index (χ0n) is 27.2. The Bertz CT molecular complexity index is 1520. The second-order valence-corrected chi connectivity index (χ2v) is 12.7. The van der Waals surface area contributed by atoms with Gasteiger partial charge in [0.2, 0.25) is 5.78 Å². The molecule has 0 saturated heterocycles. The number of nitrogens with one attached hydrogen (secondary N) is 1. The van der Waals surface area contributed by atoms with E-state index >= 15 is 0 Å². The zero-order valence-corrected chi connectivity index (χ0v) is 27.2. The van der Waals surface area contributed by atoms with Crippen LogP contribution < -0.4 is 5.32 Å². The molecule has 2 heterocycles. The summed E-state index contributed by atoms with van der Waals surface area (Å²) in [6, 6.07) is 1.26. The lowest BCUT2D eigenvalue weighted by Gasteiger charge is -2.37. The molecular weight excluding hydrogens is 594 g/mol. The number of fused-ring (bicyclic) bond motifs is 15. The molecule has 46 heavy (non-hydrogen) atoms. The van der Waals surface area contributed by atoms with Crippen molar-refractivity contribution in [1.82, 2.24) is 5.32 Å². The van der Waals surface area contributed by atoms with E-state index in [9.17, 15) is 49.8 Å². The maximum atomic E-state index is 13.7. The average Bonchev–Trinajstić information content (AvgIpc) is 3.03. The van der Waals surface area contributed by atoms with Crippen LogP contribution in [0.4, 0.5) is 0 Å². The number of carbonyl (C=O) groups is 4. The van der Waals surface area contributed by atoms with Crippen LogP contribution in [0.2, 0.25) is 0 Å². The van der Waals surface area contributed by atoms with Crippen LogP contribution in [-0.2, 0) is 4.79 Å². The number of ketones is 3. The number of phenolic OH excluding ortho intramolecular Hbond substituents is 1. The van der Waals surface area contributed by atoms with Crippen LogP contribution >= 0.6 is 0 Å². The van der Waals surface area contributed by atoms with E-state index < -0.39 is 95.2 Å². The van der Waals surface area contributed by atoms with Gasteiger partial charge in [0.05, 0.1) is 42.3 Å². The van der Waals surface area contributed by atoms with Gasteiger partial charge in [-0.25, -0.2) is 0 Å². The Labute approximate surface area is 268 Å². The Morgan fingerprint density at radius 3 is 1.91 bits per heavy atom. The highest BCUT2D eigenvalue weighted by Crippen LogP contribution is 2.35. The van der Waals surface area contributed by atoms with Crippen molar-refractivity contribution < 1.29 is 49.8 Å². The number of aliphatic hydroxyl groups excluding tert-OH is 5. The maximum Gasteiger partial charge on any atom is 0.251 e. The van der Waals surface area contributed by atoms with Crippen LogP contribution in [0, 0.1) is 36.5 Å². The molecule has 11 heteroatoms. The molecule has 1 aromatic rings. The summed E-state index contributed by atoms with van der Waals surface area (Å²) in [7, 11) is 0. The van der Waals surface area contributed by atoms with E-state index in [1.165, 1.54) is 45.9 Å². The largest absolute Gasteiger partial charge is 0.507 e. The summed E-state index contributed by atoms with van der Waals surface area (Å²) in [4.78, 5) is 53.5. The zero-order chi connectivity index (χ0) is 34.8. The standard InChI is InChI=1S/C35H45NO10/c1-15-9-8-10-16(2)35(46)36-24-13-25(38)26-23(34(24)45)12-18(4)30(41)27(26)29(40)17(3)11-22(14-37)33(44)21(7)32(43)20(6)31(42)19(5)28(15)39/h8-13,15,19-22,28,31-33,37,39,41-44H,14H2,1-7H3,(H,36,46)/b9-8-,16-10-,17-11-/t15-,19+,20-,21+,22?,28-,31+,32-,33+/m0/s1. The third-order valence-electron chi connectivity index (χ3n) is 9.34. The molecule has 0 saturated carbocycles. The number of benzene rings is 1. The molecule has 3 aliphatic rings. The van der Waals surface area contributed by atoms with Crippen LogP contribution in [-0.4, -0.2) is 84.9 Å². The summed E-state index contributed by atoms with van der Waals surface area (Å²) in [5.41, 5.74) is -1.02. The number of amides is 1. The number of Topliss-reactive ketones (excluding diaryl/α,β-unsaturated/α-hetero) is 2. The van der Waals surface area contributed by atoms with Crippen LogP contribution in [0.25, 0.3) is 0 Å². The summed E-state index contributed by atoms with van der Waals surface area (Å²) in [5.74, 6) is -7.57. The molecule has 0 aromatic heterocycles. The Hall–Kier alpha value is -3.74. The highest BCUT2D eigenvalue weighted by Gasteiger charge is 2.39. The van der Waals surface area contributed by atoms with Crippen molar-refractivity contribution in [3.05, 3.63) is 75.5 Å². The molecule has 4 rings (SSSR count). The molecule has 0 radical (unpaired) electrons. The highest BCUT2D eigenvalue weighted by atomic mass is 16.3. The molecular formula is C35H45NO10. The van der Waals surface area contributed by atoms with E-state index in [2.05, 4.69) is 5.32 Å². The number of hydrogen-bond acceptors (Lipinski definition) is 10. The average molecular weight is 640 g/mol. The number of aryl methyl sites for hydroxylation is 1. The van der Waals surface area contributed by atoms with Gasteiger partial charge in [-0.15, -0.1) is 0 Å². The third-order valence-corrected chi connectivity index (χ3v) is 9.34. The van der Waals surface area contributed by atoms with Gasteiger partial charge in [-0.3, -0.25) is 19.2 Å². The van der Waals surface area contributed by atoms with Gasteiger partial charge in [0, 0.05) is 52.4 Å². The predicted octanol–water partition coefficient (Wildman–Crippen LogP) is 2.32. The van der Waals surface area contributed by atoms with Gasteiger partial charge in [0.25, 0.3) is 5.91 Å². The summed E-state index contributed by atoms with van der Waals surface area (Å²) >= 11 is 0. The normalized spacial score (nSPS) is 35.0. The van der Waals surface area contributed by atoms with Gasteiger partial charge in [-0.1, -0.05) is 52.0 Å². The number of phenols is 1. The summed E-state index contributed by atoms with van der Waals surface area (Å²) < 4.78 is 0. The fraction of sp³-hybridized carbons (Fsp3) is 0.486. The van der Waals surface area contributed by atoms with Crippen LogP contribution in [0.15, 0.2) is 53.3 Å². The maximum absolute atomic E-state index is 13.7. The molecule has 4 bridgehead atoms. The third kappa shape index (κ3) is 7.29. The number of aliphatic hydroxyl groups is 5. The van der Waals surface area contributed by atoms with Gasteiger partial charge in [0.1, 0.15) is 5.75 Å². The molecule has 1 aliphatic carbocycles. The van der Waals surface area contributed by atoms with Crippen molar-refractivity contribution in [1.29, 1.82) is 0 Å². The first kappa shape index (κ1) is 36.7. The topological polar surface area (TPSA) is 202 Å². The van der Waals surface area contributed by atoms with Crippen LogP contribution in [0.3, 0.4) is 0 Å².